The number of para-hydroxylation sites is 1. The molecular weight excluding hydrogens is 508 g/mol. The molecule has 5 rings (SSSR count). The van der Waals surface area contributed by atoms with Crippen LogP contribution in [-0.4, -0.2) is 25.2 Å². The van der Waals surface area contributed by atoms with Crippen LogP contribution in [0.4, 0.5) is 10.7 Å². The molecule has 0 bridgehead atoms. The highest BCUT2D eigenvalue weighted by molar-refractivity contribution is 7.16. The Hall–Kier alpha value is -3.97. The molecule has 0 spiro atoms. The van der Waals surface area contributed by atoms with Crippen molar-refractivity contribution in [1.82, 2.24) is 0 Å². The first kappa shape index (κ1) is 26.6. The summed E-state index contributed by atoms with van der Waals surface area (Å²) in [6, 6.07) is 20.3. The Morgan fingerprint density at radius 2 is 1.79 bits per heavy atom. The van der Waals surface area contributed by atoms with Crippen molar-refractivity contribution >= 4 is 40.1 Å². The molecule has 1 aliphatic carbocycles. The maximum atomic E-state index is 13.5. The SMILES string of the molecule is COC(=O)c1ccc(-c2ccc(C=Nc3sc4c(c3C(=O)Nc3ccccc3)CC[C@H](C(C)(C)C)C4)o2)cc1. The summed E-state index contributed by atoms with van der Waals surface area (Å²) >= 11 is 1.61. The lowest BCUT2D eigenvalue weighted by Crippen LogP contribution is -2.27. The minimum Gasteiger partial charge on any atom is -0.465 e. The molecule has 1 atom stereocenters. The van der Waals surface area contributed by atoms with Gasteiger partial charge < -0.3 is 14.5 Å². The largest absolute Gasteiger partial charge is 0.465 e. The molecule has 2 aromatic heterocycles. The van der Waals surface area contributed by atoms with Crippen molar-refractivity contribution in [2.45, 2.75) is 40.0 Å². The molecule has 7 heteroatoms. The number of hydrogen-bond acceptors (Lipinski definition) is 6. The van der Waals surface area contributed by atoms with E-state index in [0.29, 0.717) is 33.6 Å². The Labute approximate surface area is 232 Å². The van der Waals surface area contributed by atoms with E-state index in [2.05, 4.69) is 26.1 Å². The van der Waals surface area contributed by atoms with Crippen molar-refractivity contribution in [2.75, 3.05) is 12.4 Å². The second-order valence-electron chi connectivity index (χ2n) is 10.8. The minimum absolute atomic E-state index is 0.133. The molecule has 2 aromatic carbocycles. The van der Waals surface area contributed by atoms with E-state index in [0.717, 1.165) is 36.1 Å². The Bertz CT molecular complexity index is 1510. The van der Waals surface area contributed by atoms with Crippen LogP contribution < -0.4 is 5.32 Å². The average Bonchev–Trinajstić information content (AvgIpc) is 3.56. The summed E-state index contributed by atoms with van der Waals surface area (Å²) in [5.74, 6) is 1.28. The number of anilines is 1. The number of nitrogens with zero attached hydrogens (tertiary/aromatic N) is 1. The predicted octanol–water partition coefficient (Wildman–Crippen LogP) is 7.95. The van der Waals surface area contributed by atoms with Gasteiger partial charge in [0.25, 0.3) is 5.91 Å². The van der Waals surface area contributed by atoms with Crippen molar-refractivity contribution in [3.05, 3.63) is 94.1 Å². The van der Waals surface area contributed by atoms with E-state index in [9.17, 15) is 9.59 Å². The van der Waals surface area contributed by atoms with Crippen LogP contribution in [-0.2, 0) is 17.6 Å². The van der Waals surface area contributed by atoms with Crippen LogP contribution in [0.2, 0.25) is 0 Å². The molecule has 1 aliphatic rings. The predicted molar refractivity (Wildman–Crippen MR) is 156 cm³/mol. The zero-order chi connectivity index (χ0) is 27.6. The molecule has 0 radical (unpaired) electrons. The number of benzene rings is 2. The highest BCUT2D eigenvalue weighted by Crippen LogP contribution is 2.45. The molecule has 2 heterocycles. The van der Waals surface area contributed by atoms with E-state index < -0.39 is 0 Å². The molecule has 39 heavy (non-hydrogen) atoms. The summed E-state index contributed by atoms with van der Waals surface area (Å²) in [5.41, 5.74) is 4.06. The van der Waals surface area contributed by atoms with Crippen molar-refractivity contribution < 1.29 is 18.7 Å². The molecule has 0 unspecified atom stereocenters. The third-order valence-corrected chi connectivity index (χ3v) is 8.42. The highest BCUT2D eigenvalue weighted by atomic mass is 32.1. The summed E-state index contributed by atoms with van der Waals surface area (Å²) in [4.78, 5) is 31.2. The van der Waals surface area contributed by atoms with E-state index in [-0.39, 0.29) is 17.3 Å². The number of ether oxygens (including phenoxy) is 1. The van der Waals surface area contributed by atoms with Gasteiger partial charge in [0, 0.05) is 16.1 Å². The summed E-state index contributed by atoms with van der Waals surface area (Å²) in [6.45, 7) is 6.86. The molecule has 0 aliphatic heterocycles. The van der Waals surface area contributed by atoms with Crippen LogP contribution >= 0.6 is 11.3 Å². The molecule has 6 nitrogen and oxygen atoms in total. The second kappa shape index (κ2) is 11.0. The molecule has 200 valence electrons. The van der Waals surface area contributed by atoms with E-state index in [1.165, 1.54) is 12.0 Å². The number of rotatable bonds is 6. The van der Waals surface area contributed by atoms with Crippen LogP contribution in [0, 0.1) is 11.3 Å². The Kier molecular flexibility index (Phi) is 7.53. The maximum absolute atomic E-state index is 13.5. The minimum atomic E-state index is -0.381. The first-order chi connectivity index (χ1) is 18.7. The number of fused-ring (bicyclic) bond motifs is 1. The van der Waals surface area contributed by atoms with Gasteiger partial charge in [0.05, 0.1) is 24.5 Å². The number of aliphatic imine (C=N–C) groups is 1. The number of hydrogen-bond donors (Lipinski definition) is 1. The van der Waals surface area contributed by atoms with Crippen LogP contribution in [0.3, 0.4) is 0 Å². The third kappa shape index (κ3) is 5.88. The van der Waals surface area contributed by atoms with Gasteiger partial charge in [-0.15, -0.1) is 11.3 Å². The fourth-order valence-corrected chi connectivity index (χ4v) is 6.21. The first-order valence-corrected chi connectivity index (χ1v) is 13.9. The van der Waals surface area contributed by atoms with E-state index >= 15 is 0 Å². The fraction of sp³-hybridized carbons (Fsp3) is 0.281. The molecule has 0 fully saturated rings. The number of thiophene rings is 1. The van der Waals surface area contributed by atoms with Crippen LogP contribution in [0.15, 0.2) is 76.1 Å². The summed E-state index contributed by atoms with van der Waals surface area (Å²) in [5, 5.41) is 3.75. The van der Waals surface area contributed by atoms with Crippen molar-refractivity contribution in [3.8, 4) is 11.3 Å². The molecule has 1 N–H and O–H groups in total. The Balaban J connectivity index is 1.43. The summed E-state index contributed by atoms with van der Waals surface area (Å²) in [7, 11) is 1.36. The standard InChI is InChI=1S/C32H32N2O4S/c1-32(2,3)22-14-16-25-27(18-22)39-30(28(25)29(35)34-23-8-6-5-7-9-23)33-19-24-15-17-26(38-24)20-10-12-21(13-11-20)31(36)37-4/h5-13,15,17,19,22H,14,16,18H2,1-4H3,(H,34,35)/t22-/m0/s1. The van der Waals surface area contributed by atoms with Gasteiger partial charge in [-0.1, -0.05) is 51.1 Å². The molecule has 4 aromatic rings. The van der Waals surface area contributed by atoms with E-state index in [1.54, 1.807) is 29.7 Å². The first-order valence-electron chi connectivity index (χ1n) is 13.1. The normalized spacial score (nSPS) is 15.2. The van der Waals surface area contributed by atoms with Crippen molar-refractivity contribution in [3.63, 3.8) is 0 Å². The van der Waals surface area contributed by atoms with Gasteiger partial charge in [0.15, 0.2) is 0 Å². The maximum Gasteiger partial charge on any atom is 0.337 e. The number of carbonyl (C=O) groups excluding carboxylic acids is 2. The van der Waals surface area contributed by atoms with Crippen LogP contribution in [0.25, 0.3) is 11.3 Å². The quantitative estimate of drug-likeness (QED) is 0.199. The van der Waals surface area contributed by atoms with Crippen molar-refractivity contribution in [1.29, 1.82) is 0 Å². The molecule has 0 saturated carbocycles. The number of furan rings is 1. The Morgan fingerprint density at radius 1 is 1.05 bits per heavy atom. The molecule has 1 amide bonds. The lowest BCUT2D eigenvalue weighted by molar-refractivity contribution is 0.0600. The zero-order valence-electron chi connectivity index (χ0n) is 22.6. The van der Waals surface area contributed by atoms with Gasteiger partial charge in [-0.3, -0.25) is 4.79 Å². The van der Waals surface area contributed by atoms with Crippen LogP contribution in [0.1, 0.15) is 64.1 Å². The lowest BCUT2D eigenvalue weighted by Gasteiger charge is -2.33. The van der Waals surface area contributed by atoms with E-state index in [1.807, 2.05) is 54.6 Å². The second-order valence-corrected chi connectivity index (χ2v) is 11.9. The third-order valence-electron chi connectivity index (χ3n) is 7.26. The van der Waals surface area contributed by atoms with Gasteiger partial charge in [-0.25, -0.2) is 9.79 Å². The van der Waals surface area contributed by atoms with Gasteiger partial charge in [-0.2, -0.15) is 0 Å². The monoisotopic (exact) mass is 540 g/mol. The van der Waals surface area contributed by atoms with Crippen molar-refractivity contribution in [2.24, 2.45) is 16.3 Å². The van der Waals surface area contributed by atoms with Crippen LogP contribution in [0.5, 0.6) is 0 Å². The van der Waals surface area contributed by atoms with Gasteiger partial charge in [0.2, 0.25) is 0 Å². The average molecular weight is 541 g/mol. The smallest absolute Gasteiger partial charge is 0.337 e. The van der Waals surface area contributed by atoms with Gasteiger partial charge >= 0.3 is 5.97 Å². The highest BCUT2D eigenvalue weighted by Gasteiger charge is 2.33. The number of methoxy groups -OCH3 is 1. The molecular formula is C32H32N2O4S. The number of carbonyl (C=O) groups is 2. The molecule has 0 saturated heterocycles. The summed E-state index contributed by atoms with van der Waals surface area (Å²) in [6.07, 6.45) is 4.55. The zero-order valence-corrected chi connectivity index (χ0v) is 23.4. The van der Waals surface area contributed by atoms with Gasteiger partial charge in [-0.05, 0) is 72.6 Å². The fourth-order valence-electron chi connectivity index (χ4n) is 4.94. The number of amides is 1. The van der Waals surface area contributed by atoms with E-state index in [4.69, 9.17) is 14.1 Å². The van der Waals surface area contributed by atoms with Gasteiger partial charge in [0.1, 0.15) is 16.5 Å². The topological polar surface area (TPSA) is 80.9 Å². The lowest BCUT2D eigenvalue weighted by atomic mass is 9.72. The number of nitrogens with one attached hydrogen (secondary N) is 1. The number of esters is 1. The Morgan fingerprint density at radius 3 is 2.49 bits per heavy atom. The summed E-state index contributed by atoms with van der Waals surface area (Å²) < 4.78 is 10.8.